The van der Waals surface area contributed by atoms with Crippen molar-refractivity contribution in [3.63, 3.8) is 0 Å². The predicted molar refractivity (Wildman–Crippen MR) is 439 cm³/mol. The van der Waals surface area contributed by atoms with Crippen molar-refractivity contribution in [3.8, 4) is 0 Å². The van der Waals surface area contributed by atoms with E-state index in [9.17, 15) is 0 Å². The summed E-state index contributed by atoms with van der Waals surface area (Å²) >= 11 is 1.50. The molecule has 0 unspecified atom stereocenters. The van der Waals surface area contributed by atoms with Crippen molar-refractivity contribution in [2.24, 2.45) is 0 Å². The Hall–Kier alpha value is -4.93. The van der Waals surface area contributed by atoms with Crippen molar-refractivity contribution in [2.75, 3.05) is 0 Å². The molecular formula is C91H153VW2-. The molecule has 11 rings (SSSR count). The summed E-state index contributed by atoms with van der Waals surface area (Å²) in [7, 11) is 0. The maximum absolute atomic E-state index is 3.18. The molecule has 0 heterocycles. The topological polar surface area (TPSA) is 0 Å². The Morgan fingerprint density at radius 1 is 0.266 bits per heavy atom. The molecular weight excluding hydrogens is 1510 g/mol. The summed E-state index contributed by atoms with van der Waals surface area (Å²) in [6, 6.07) is 66.8. The van der Waals surface area contributed by atoms with Crippen LogP contribution in [0.2, 0.25) is 0 Å². The van der Waals surface area contributed by atoms with Crippen molar-refractivity contribution in [1.29, 1.82) is 0 Å². The van der Waals surface area contributed by atoms with E-state index in [4.69, 9.17) is 0 Å². The van der Waals surface area contributed by atoms with E-state index in [1.54, 1.807) is 5.57 Å². The Labute approximate surface area is 630 Å². The third-order valence-corrected chi connectivity index (χ3v) is 10.0. The summed E-state index contributed by atoms with van der Waals surface area (Å²) in [5.74, 6) is 0. The molecule has 5 aliphatic carbocycles. The molecule has 0 spiro atoms. The third kappa shape index (κ3) is 106. The molecule has 6 aromatic rings. The van der Waals surface area contributed by atoms with Crippen molar-refractivity contribution < 1.29 is 59.0 Å². The summed E-state index contributed by atoms with van der Waals surface area (Å²) in [5, 5.41) is 0. The molecule has 3 heteroatoms. The predicted octanol–water partition coefficient (Wildman–Crippen LogP) is 31.9. The monoisotopic (exact) mass is 1670 g/mol. The van der Waals surface area contributed by atoms with Crippen LogP contribution in [0.3, 0.4) is 0 Å². The standard InChI is InChI=1S/2C8H8.3C7H8.C6H5.3C6H6.15C2H6.V.2W/c2*1-3-7-5-2-6-8(7)4-1;3*1-7-5-3-2-4-6-7;1-6-4-2-3-5-6;3*1-2-4-6-5-3-1;15*1-2;;;/h1-3,6H,4-5H2;1-3,5H,4,6H2;3*2-6H,1H3;1-2,4H,3H2;3*1-6H;15*1-2H3;;;/q;;;;;-1;;;;;;;;;;;;;;;;;;;;;. The zero-order chi connectivity index (χ0) is 74.0. The van der Waals surface area contributed by atoms with Crippen LogP contribution in [-0.4, -0.2) is 4.40 Å². The quantitative estimate of drug-likeness (QED) is 0.144. The first kappa shape index (κ1) is 126. The fourth-order valence-electron chi connectivity index (χ4n) is 5.80. The van der Waals surface area contributed by atoms with Gasteiger partial charge in [-0.1, -0.05) is 479 Å². The summed E-state index contributed by atoms with van der Waals surface area (Å²) in [5.41, 5.74) is 11.4. The van der Waals surface area contributed by atoms with E-state index in [1.165, 1.54) is 84.0 Å². The summed E-state index contributed by atoms with van der Waals surface area (Å²) < 4.78 is 2.14. The second-order valence-corrected chi connectivity index (χ2v) is 15.2. The minimum absolute atomic E-state index is 0. The van der Waals surface area contributed by atoms with Crippen LogP contribution in [0.25, 0.3) is 0 Å². The van der Waals surface area contributed by atoms with E-state index in [1.807, 2.05) is 372 Å². The Kier molecular flexibility index (Phi) is 187. The van der Waals surface area contributed by atoms with Crippen molar-refractivity contribution in [1.82, 2.24) is 0 Å². The van der Waals surface area contributed by atoms with Gasteiger partial charge in [-0.15, -0.1) is 0 Å². The zero-order valence-electron chi connectivity index (χ0n) is 67.7. The van der Waals surface area contributed by atoms with Crippen LogP contribution in [-0.2, 0) is 59.0 Å². The Balaban J connectivity index is -0.0000000546. The number of benzene rings is 6. The molecule has 0 nitrogen and oxygen atoms in total. The summed E-state index contributed by atoms with van der Waals surface area (Å²) in [4.78, 5) is 0. The Bertz CT molecular complexity index is 1980. The van der Waals surface area contributed by atoms with Gasteiger partial charge in [0, 0.05) is 39.6 Å². The minimum Gasteiger partial charge on any atom is -0.0623 e. The first-order chi connectivity index (χ1) is 45.5. The molecule has 94 heavy (non-hydrogen) atoms. The van der Waals surface area contributed by atoms with Gasteiger partial charge < -0.3 is 0 Å². The first-order valence-electron chi connectivity index (χ1n) is 36.4. The molecule has 0 amide bonds. The molecule has 0 fully saturated rings. The SMILES string of the molecule is C1=CC2=C(C1)CC=C2.C1=CC2=C(C=CC2)C1.CC.CC.CC.CC.CC.CC.CC.CC.CC.CC.CC.CC.CC.CC.CC.Cc1ccccc1.Cc1ccccc1.Cc1ccccc1.[V].[W].[W]=[CH]C1=[C-]CC=C1.c1ccccc1.c1ccccc1.c1ccccc1. The molecule has 0 bridgehead atoms. The van der Waals surface area contributed by atoms with E-state index in [2.05, 4.69) is 128 Å². The van der Waals surface area contributed by atoms with Gasteiger partial charge in [0.15, 0.2) is 0 Å². The van der Waals surface area contributed by atoms with Crippen molar-refractivity contribution in [3.05, 3.63) is 312 Å². The van der Waals surface area contributed by atoms with Gasteiger partial charge >= 0.3 is 54.0 Å². The number of hydrogen-bond acceptors (Lipinski definition) is 0. The normalized spacial score (nSPS) is 9.61. The van der Waals surface area contributed by atoms with Gasteiger partial charge in [0.25, 0.3) is 0 Å². The average Bonchev–Trinajstić information content (AvgIpc) is 1.82. The van der Waals surface area contributed by atoms with Crippen LogP contribution in [0.1, 0.15) is 257 Å². The maximum Gasteiger partial charge on any atom is -0.0623 e. The van der Waals surface area contributed by atoms with E-state index in [0.717, 1.165) is 6.42 Å². The van der Waals surface area contributed by atoms with Gasteiger partial charge in [-0.2, -0.15) is 0 Å². The number of allylic oxidation sites excluding steroid dienone is 16. The fourth-order valence-corrected chi connectivity index (χ4v) is 6.38. The minimum atomic E-state index is 0. The van der Waals surface area contributed by atoms with Crippen molar-refractivity contribution >= 4 is 4.40 Å². The third-order valence-electron chi connectivity index (χ3n) is 9.13. The molecule has 0 aliphatic heterocycles. The molecule has 0 N–H and O–H groups in total. The van der Waals surface area contributed by atoms with Gasteiger partial charge in [-0.3, -0.25) is 0 Å². The van der Waals surface area contributed by atoms with Gasteiger partial charge in [0.1, 0.15) is 0 Å². The first-order valence-corrected chi connectivity index (χ1v) is 38.1. The molecule has 535 valence electrons. The van der Waals surface area contributed by atoms with Gasteiger partial charge in [0.05, 0.1) is 0 Å². The van der Waals surface area contributed by atoms with Crippen LogP contribution >= 0.6 is 0 Å². The number of hydrogen-bond donors (Lipinski definition) is 0. The fraction of sp³-hybridized carbons (Fsp3) is 0.418. The molecule has 0 atom stereocenters. The molecule has 0 aromatic heterocycles. The largest absolute Gasteiger partial charge is 0.0623 e. The summed E-state index contributed by atoms with van der Waals surface area (Å²) in [6.07, 6.45) is 31.0. The smallest absolute Gasteiger partial charge is 0.0623 e. The van der Waals surface area contributed by atoms with Crippen molar-refractivity contribution in [2.45, 2.75) is 261 Å². The second kappa shape index (κ2) is 140. The van der Waals surface area contributed by atoms with E-state index in [0.29, 0.717) is 0 Å². The second-order valence-electron chi connectivity index (χ2n) is 14.3. The average molecular weight is 1670 g/mol. The molecule has 1 radical (unpaired) electrons. The van der Waals surface area contributed by atoms with Gasteiger partial charge in [0.2, 0.25) is 0 Å². The van der Waals surface area contributed by atoms with Gasteiger partial charge in [-0.05, 0) is 63.2 Å². The number of aryl methyl sites for hydroxylation is 3. The Morgan fingerprint density at radius 2 is 0.457 bits per heavy atom. The molecule has 0 saturated carbocycles. The van der Waals surface area contributed by atoms with Crippen LogP contribution in [0, 0.1) is 26.8 Å². The molecule has 5 aliphatic rings. The van der Waals surface area contributed by atoms with E-state index < -0.39 is 0 Å². The van der Waals surface area contributed by atoms with Crippen LogP contribution < -0.4 is 0 Å². The van der Waals surface area contributed by atoms with Crippen LogP contribution in [0.5, 0.6) is 0 Å². The molecule has 0 saturated heterocycles. The number of rotatable bonds is 1. The van der Waals surface area contributed by atoms with Gasteiger partial charge in [-0.25, -0.2) is 0 Å². The van der Waals surface area contributed by atoms with E-state index >= 15 is 0 Å². The van der Waals surface area contributed by atoms with E-state index in [-0.39, 0.29) is 39.6 Å². The molecule has 6 aromatic carbocycles. The zero-order valence-corrected chi connectivity index (χ0v) is 75.0. The summed E-state index contributed by atoms with van der Waals surface area (Å²) in [6.45, 7) is 66.2. The van der Waals surface area contributed by atoms with Crippen LogP contribution in [0.15, 0.2) is 289 Å². The Morgan fingerprint density at radius 3 is 0.596 bits per heavy atom. The maximum atomic E-state index is 3.18. The van der Waals surface area contributed by atoms with Crippen LogP contribution in [0.4, 0.5) is 0 Å².